The second kappa shape index (κ2) is 6.96. The molecule has 1 aromatic carbocycles. The first-order chi connectivity index (χ1) is 9.67. The van der Waals surface area contributed by atoms with Gasteiger partial charge in [0.05, 0.1) is 11.6 Å². The number of rotatable bonds is 5. The highest BCUT2D eigenvalue weighted by molar-refractivity contribution is 6.30. The molecule has 0 unspecified atom stereocenters. The average Bonchev–Trinajstić information content (AvgIpc) is 2.47. The minimum Gasteiger partial charge on any atom is -0.308 e. The molecule has 0 aliphatic carbocycles. The Morgan fingerprint density at radius 1 is 1.10 bits per heavy atom. The Hall–Kier alpha value is -1.25. The van der Waals surface area contributed by atoms with Crippen molar-refractivity contribution in [2.75, 3.05) is 0 Å². The van der Waals surface area contributed by atoms with Gasteiger partial charge in [-0.3, -0.25) is 4.79 Å². The molecule has 0 bridgehead atoms. The minimum atomic E-state index is 0.000833. The van der Waals surface area contributed by atoms with Crippen molar-refractivity contribution in [2.24, 2.45) is 0 Å². The van der Waals surface area contributed by atoms with Gasteiger partial charge in [-0.25, -0.2) is 0 Å². The molecule has 4 heteroatoms. The summed E-state index contributed by atoms with van der Waals surface area (Å²) < 4.78 is 1.81. The van der Waals surface area contributed by atoms with E-state index in [1.807, 2.05) is 41.0 Å². The van der Waals surface area contributed by atoms with Crippen molar-refractivity contribution in [1.82, 2.24) is 4.57 Å². The van der Waals surface area contributed by atoms with Crippen LogP contribution in [0.25, 0.3) is 11.3 Å². The van der Waals surface area contributed by atoms with Crippen molar-refractivity contribution in [3.05, 3.63) is 57.3 Å². The van der Waals surface area contributed by atoms with Crippen molar-refractivity contribution in [3.63, 3.8) is 0 Å². The number of hydrogen-bond donors (Lipinski definition) is 0. The van der Waals surface area contributed by atoms with Gasteiger partial charge in [-0.2, -0.15) is 0 Å². The number of nitrogens with zero attached hydrogens (tertiary/aromatic N) is 1. The lowest BCUT2D eigenvalue weighted by atomic mass is 10.1. The van der Waals surface area contributed by atoms with Gasteiger partial charge in [-0.05, 0) is 30.2 Å². The number of pyridine rings is 1. The highest BCUT2D eigenvalue weighted by Crippen LogP contribution is 2.21. The van der Waals surface area contributed by atoms with Gasteiger partial charge in [0.25, 0.3) is 5.56 Å². The molecule has 106 valence electrons. The van der Waals surface area contributed by atoms with E-state index in [0.29, 0.717) is 17.1 Å². The third kappa shape index (κ3) is 3.25. The lowest BCUT2D eigenvalue weighted by Crippen LogP contribution is -2.24. The Kier molecular flexibility index (Phi) is 5.27. The van der Waals surface area contributed by atoms with E-state index in [0.717, 1.165) is 24.1 Å². The third-order valence-corrected chi connectivity index (χ3v) is 3.81. The Balaban J connectivity index is 2.54. The first kappa shape index (κ1) is 15.1. The van der Waals surface area contributed by atoms with Crippen LogP contribution in [0, 0.1) is 0 Å². The maximum Gasteiger partial charge on any atom is 0.255 e. The molecule has 2 aromatic rings. The molecule has 0 amide bonds. The van der Waals surface area contributed by atoms with Crippen LogP contribution < -0.4 is 5.56 Å². The summed E-state index contributed by atoms with van der Waals surface area (Å²) in [6.07, 6.45) is 2.00. The fourth-order valence-electron chi connectivity index (χ4n) is 2.14. The van der Waals surface area contributed by atoms with Gasteiger partial charge in [0.1, 0.15) is 0 Å². The van der Waals surface area contributed by atoms with Crippen molar-refractivity contribution in [1.29, 1.82) is 0 Å². The molecule has 2 rings (SSSR count). The van der Waals surface area contributed by atoms with E-state index in [-0.39, 0.29) is 11.4 Å². The molecule has 2 nitrogen and oxygen atoms in total. The summed E-state index contributed by atoms with van der Waals surface area (Å²) >= 11 is 11.7. The quantitative estimate of drug-likeness (QED) is 0.733. The van der Waals surface area contributed by atoms with Gasteiger partial charge in [-0.15, -0.1) is 11.6 Å². The van der Waals surface area contributed by atoms with Gasteiger partial charge in [0, 0.05) is 17.1 Å². The van der Waals surface area contributed by atoms with E-state index in [1.165, 1.54) is 0 Å². The second-order valence-corrected chi connectivity index (χ2v) is 5.40. The molecule has 1 aromatic heterocycles. The second-order valence-electron chi connectivity index (χ2n) is 4.69. The van der Waals surface area contributed by atoms with Crippen LogP contribution in [0.1, 0.15) is 25.3 Å². The third-order valence-electron chi connectivity index (χ3n) is 3.27. The van der Waals surface area contributed by atoms with E-state index in [9.17, 15) is 4.79 Å². The maximum absolute atomic E-state index is 12.4. The number of hydrogen-bond acceptors (Lipinski definition) is 1. The van der Waals surface area contributed by atoms with Crippen LogP contribution in [-0.4, -0.2) is 4.57 Å². The van der Waals surface area contributed by atoms with Crippen molar-refractivity contribution >= 4 is 23.2 Å². The lowest BCUT2D eigenvalue weighted by molar-refractivity contribution is 0.615. The van der Waals surface area contributed by atoms with Gasteiger partial charge in [0.2, 0.25) is 0 Å². The summed E-state index contributed by atoms with van der Waals surface area (Å²) in [5.41, 5.74) is 2.54. The van der Waals surface area contributed by atoms with Crippen LogP contribution in [0.3, 0.4) is 0 Å². The topological polar surface area (TPSA) is 22.0 Å². The fourth-order valence-corrected chi connectivity index (χ4v) is 2.47. The summed E-state index contributed by atoms with van der Waals surface area (Å²) in [6.45, 7) is 2.82. The number of aromatic nitrogens is 1. The first-order valence-electron chi connectivity index (χ1n) is 6.72. The molecule has 0 atom stereocenters. The minimum absolute atomic E-state index is 0.000833. The van der Waals surface area contributed by atoms with Gasteiger partial charge < -0.3 is 4.57 Å². The maximum atomic E-state index is 12.4. The van der Waals surface area contributed by atoms with Crippen LogP contribution >= 0.6 is 23.2 Å². The Bertz CT molecular complexity index is 632. The van der Waals surface area contributed by atoms with Crippen molar-refractivity contribution < 1.29 is 0 Å². The predicted molar refractivity (Wildman–Crippen MR) is 85.6 cm³/mol. The zero-order chi connectivity index (χ0) is 14.5. The lowest BCUT2D eigenvalue weighted by Gasteiger charge is -2.14. The molecule has 0 fully saturated rings. The predicted octanol–water partition coefficient (Wildman–Crippen LogP) is 4.71. The van der Waals surface area contributed by atoms with E-state index in [1.54, 1.807) is 0 Å². The van der Waals surface area contributed by atoms with Gasteiger partial charge >= 0.3 is 0 Å². The standard InChI is InChI=1S/C16H17Cl2NO/c1-2-3-10-19-15(9-6-13(11-17)16(19)20)12-4-7-14(18)8-5-12/h4-9H,2-3,10-11H2,1H3. The molecule has 0 saturated heterocycles. The monoisotopic (exact) mass is 309 g/mol. The normalized spacial score (nSPS) is 10.8. The SMILES string of the molecule is CCCCn1c(-c2ccc(Cl)cc2)ccc(CCl)c1=O. The highest BCUT2D eigenvalue weighted by Gasteiger charge is 2.09. The molecule has 0 aliphatic heterocycles. The largest absolute Gasteiger partial charge is 0.308 e. The highest BCUT2D eigenvalue weighted by atomic mass is 35.5. The number of benzene rings is 1. The van der Waals surface area contributed by atoms with Crippen molar-refractivity contribution in [2.45, 2.75) is 32.2 Å². The molecule has 0 aliphatic rings. The molecule has 0 N–H and O–H groups in total. The van der Waals surface area contributed by atoms with E-state index in [2.05, 4.69) is 6.92 Å². The first-order valence-corrected chi connectivity index (χ1v) is 7.63. The molecule has 1 heterocycles. The molecule has 0 saturated carbocycles. The fraction of sp³-hybridized carbons (Fsp3) is 0.312. The molecule has 0 spiro atoms. The molecular weight excluding hydrogens is 293 g/mol. The summed E-state index contributed by atoms with van der Waals surface area (Å²) in [7, 11) is 0. The van der Waals surface area contributed by atoms with E-state index in [4.69, 9.17) is 23.2 Å². The van der Waals surface area contributed by atoms with E-state index >= 15 is 0 Å². The van der Waals surface area contributed by atoms with Crippen LogP contribution in [-0.2, 0) is 12.4 Å². The number of unbranched alkanes of at least 4 members (excludes halogenated alkanes) is 1. The zero-order valence-electron chi connectivity index (χ0n) is 11.4. The molecular formula is C16H17Cl2NO. The Morgan fingerprint density at radius 2 is 1.80 bits per heavy atom. The van der Waals surface area contributed by atoms with Gasteiger partial charge in [-0.1, -0.05) is 43.1 Å². The summed E-state index contributed by atoms with van der Waals surface area (Å²) in [6, 6.07) is 11.3. The molecule has 0 radical (unpaired) electrons. The van der Waals surface area contributed by atoms with Crippen LogP contribution in [0.15, 0.2) is 41.2 Å². The van der Waals surface area contributed by atoms with Crippen LogP contribution in [0.2, 0.25) is 5.02 Å². The molecule has 20 heavy (non-hydrogen) atoms. The van der Waals surface area contributed by atoms with Gasteiger partial charge in [0.15, 0.2) is 0 Å². The zero-order valence-corrected chi connectivity index (χ0v) is 12.9. The Labute approximate surface area is 129 Å². The van der Waals surface area contributed by atoms with Crippen molar-refractivity contribution in [3.8, 4) is 11.3 Å². The smallest absolute Gasteiger partial charge is 0.255 e. The number of halogens is 2. The van der Waals surface area contributed by atoms with Crippen LogP contribution in [0.4, 0.5) is 0 Å². The summed E-state index contributed by atoms with van der Waals surface area (Å²) in [5.74, 6) is 0.242. The number of alkyl halides is 1. The summed E-state index contributed by atoms with van der Waals surface area (Å²) in [4.78, 5) is 12.4. The summed E-state index contributed by atoms with van der Waals surface area (Å²) in [5, 5.41) is 0.689. The Morgan fingerprint density at radius 3 is 2.40 bits per heavy atom. The van der Waals surface area contributed by atoms with Crippen LogP contribution in [0.5, 0.6) is 0 Å². The average molecular weight is 310 g/mol. The van der Waals surface area contributed by atoms with E-state index < -0.39 is 0 Å².